The van der Waals surface area contributed by atoms with Crippen LogP contribution in [0, 0.1) is 0 Å². The Morgan fingerprint density at radius 1 is 1.26 bits per heavy atom. The van der Waals surface area contributed by atoms with E-state index in [4.69, 9.17) is 11.6 Å². The number of anilines is 1. The van der Waals surface area contributed by atoms with Gasteiger partial charge >= 0.3 is 0 Å². The molecule has 0 atom stereocenters. The van der Waals surface area contributed by atoms with Crippen LogP contribution < -0.4 is 4.90 Å². The highest BCUT2D eigenvalue weighted by molar-refractivity contribution is 6.17. The highest BCUT2D eigenvalue weighted by Crippen LogP contribution is 2.17. The minimum atomic E-state index is 0.517. The van der Waals surface area contributed by atoms with Crippen LogP contribution in [0.25, 0.3) is 0 Å². The summed E-state index contributed by atoms with van der Waals surface area (Å²) in [6.07, 6.45) is 4.58. The Balaban J connectivity index is 2.20. The summed E-state index contributed by atoms with van der Waals surface area (Å²) in [7, 11) is 2.03. The van der Waals surface area contributed by atoms with Crippen LogP contribution in [-0.4, -0.2) is 17.0 Å². The Morgan fingerprint density at radius 2 is 2.11 bits per heavy atom. The topological polar surface area (TPSA) is 29.0 Å². The first-order valence-corrected chi connectivity index (χ1v) is 6.92. The van der Waals surface area contributed by atoms with Crippen LogP contribution in [0.15, 0.2) is 36.7 Å². The number of aromatic nitrogens is 2. The first-order valence-electron chi connectivity index (χ1n) is 6.38. The lowest BCUT2D eigenvalue weighted by Crippen LogP contribution is -2.18. The fourth-order valence-electron chi connectivity index (χ4n) is 1.93. The van der Waals surface area contributed by atoms with E-state index in [2.05, 4.69) is 33.9 Å². The van der Waals surface area contributed by atoms with Crippen LogP contribution in [-0.2, 0) is 18.8 Å². The molecule has 0 radical (unpaired) electrons. The number of hydrogen-bond donors (Lipinski definition) is 0. The van der Waals surface area contributed by atoms with Gasteiger partial charge in [0, 0.05) is 37.6 Å². The summed E-state index contributed by atoms with van der Waals surface area (Å²) in [4.78, 5) is 10.9. The fourth-order valence-corrected chi connectivity index (χ4v) is 2.09. The molecular weight excluding hydrogens is 258 g/mol. The van der Waals surface area contributed by atoms with Crippen molar-refractivity contribution in [3.8, 4) is 0 Å². The SMILES string of the molecule is CCc1cc(CCl)cc(N(C)Cc2cccnc2)n1. The average molecular weight is 276 g/mol. The number of aryl methyl sites for hydroxylation is 1. The van der Waals surface area contributed by atoms with Crippen molar-refractivity contribution in [2.75, 3.05) is 11.9 Å². The van der Waals surface area contributed by atoms with Gasteiger partial charge in [-0.3, -0.25) is 4.98 Å². The largest absolute Gasteiger partial charge is 0.355 e. The molecule has 2 aromatic rings. The van der Waals surface area contributed by atoms with Crippen molar-refractivity contribution in [3.05, 3.63) is 53.5 Å². The summed E-state index contributed by atoms with van der Waals surface area (Å²) >= 11 is 5.94. The molecule has 0 aliphatic rings. The Bertz CT molecular complexity index is 506. The highest BCUT2D eigenvalue weighted by atomic mass is 35.5. The van der Waals surface area contributed by atoms with Gasteiger partial charge in [0.1, 0.15) is 5.82 Å². The van der Waals surface area contributed by atoms with Crippen molar-refractivity contribution < 1.29 is 0 Å². The van der Waals surface area contributed by atoms with Crippen LogP contribution in [0.5, 0.6) is 0 Å². The molecule has 0 N–H and O–H groups in total. The number of halogens is 1. The van der Waals surface area contributed by atoms with E-state index in [9.17, 15) is 0 Å². The molecule has 0 aliphatic carbocycles. The van der Waals surface area contributed by atoms with Crippen molar-refractivity contribution >= 4 is 17.4 Å². The molecule has 0 spiro atoms. The fraction of sp³-hybridized carbons (Fsp3) is 0.333. The molecule has 0 aliphatic heterocycles. The maximum atomic E-state index is 5.94. The van der Waals surface area contributed by atoms with Gasteiger partial charge in [-0.1, -0.05) is 13.0 Å². The van der Waals surface area contributed by atoms with Crippen molar-refractivity contribution in [2.45, 2.75) is 25.8 Å². The molecule has 0 amide bonds. The zero-order valence-electron chi connectivity index (χ0n) is 11.3. The number of hydrogen-bond acceptors (Lipinski definition) is 3. The van der Waals surface area contributed by atoms with E-state index in [0.717, 1.165) is 30.0 Å². The molecule has 0 fully saturated rings. The predicted molar refractivity (Wildman–Crippen MR) is 79.5 cm³/mol. The summed E-state index contributed by atoms with van der Waals surface area (Å²) in [5.74, 6) is 1.47. The third-order valence-corrected chi connectivity index (χ3v) is 3.28. The van der Waals surface area contributed by atoms with Crippen LogP contribution in [0.1, 0.15) is 23.7 Å². The molecule has 0 aromatic carbocycles. The zero-order chi connectivity index (χ0) is 13.7. The average Bonchev–Trinajstić information content (AvgIpc) is 2.47. The maximum Gasteiger partial charge on any atom is 0.129 e. The van der Waals surface area contributed by atoms with Gasteiger partial charge < -0.3 is 4.90 Å². The summed E-state index contributed by atoms with van der Waals surface area (Å²) in [6.45, 7) is 2.89. The van der Waals surface area contributed by atoms with E-state index < -0.39 is 0 Å². The smallest absolute Gasteiger partial charge is 0.129 e. The predicted octanol–water partition coefficient (Wildman–Crippen LogP) is 3.41. The van der Waals surface area contributed by atoms with Gasteiger partial charge in [-0.15, -0.1) is 11.6 Å². The van der Waals surface area contributed by atoms with E-state index in [1.54, 1.807) is 6.20 Å². The number of nitrogens with zero attached hydrogens (tertiary/aromatic N) is 3. The Morgan fingerprint density at radius 3 is 2.74 bits per heavy atom. The van der Waals surface area contributed by atoms with Gasteiger partial charge in [0.2, 0.25) is 0 Å². The molecular formula is C15H18ClN3. The maximum absolute atomic E-state index is 5.94. The lowest BCUT2D eigenvalue weighted by molar-refractivity contribution is 0.875. The summed E-state index contributed by atoms with van der Waals surface area (Å²) in [6, 6.07) is 8.12. The van der Waals surface area contributed by atoms with Gasteiger partial charge in [-0.05, 0) is 35.7 Å². The standard InChI is InChI=1S/C15H18ClN3/c1-3-14-7-13(9-16)8-15(18-14)19(2)11-12-5-4-6-17-10-12/h4-8,10H,3,9,11H2,1-2H3. The van der Waals surface area contributed by atoms with Crippen LogP contribution in [0.3, 0.4) is 0 Å². The highest BCUT2D eigenvalue weighted by Gasteiger charge is 2.07. The lowest BCUT2D eigenvalue weighted by Gasteiger charge is -2.19. The van der Waals surface area contributed by atoms with Crippen molar-refractivity contribution in [2.24, 2.45) is 0 Å². The zero-order valence-corrected chi connectivity index (χ0v) is 12.1. The lowest BCUT2D eigenvalue weighted by atomic mass is 10.2. The van der Waals surface area contributed by atoms with Gasteiger partial charge in [0.05, 0.1) is 0 Å². The minimum Gasteiger partial charge on any atom is -0.355 e. The van der Waals surface area contributed by atoms with Gasteiger partial charge in [-0.25, -0.2) is 4.98 Å². The normalized spacial score (nSPS) is 10.5. The van der Waals surface area contributed by atoms with Crippen LogP contribution in [0.2, 0.25) is 0 Å². The van der Waals surface area contributed by atoms with E-state index in [-0.39, 0.29) is 0 Å². The Hall–Kier alpha value is -1.61. The quantitative estimate of drug-likeness (QED) is 0.783. The van der Waals surface area contributed by atoms with E-state index in [1.165, 1.54) is 5.56 Å². The second-order valence-electron chi connectivity index (χ2n) is 4.53. The second-order valence-corrected chi connectivity index (χ2v) is 4.80. The van der Waals surface area contributed by atoms with Crippen molar-refractivity contribution in [3.63, 3.8) is 0 Å². The van der Waals surface area contributed by atoms with E-state index in [1.807, 2.05) is 25.4 Å². The summed E-state index contributed by atoms with van der Waals surface area (Å²) in [5, 5.41) is 0. The summed E-state index contributed by atoms with van der Waals surface area (Å²) in [5.41, 5.74) is 3.36. The van der Waals surface area contributed by atoms with Gasteiger partial charge in [0.15, 0.2) is 0 Å². The molecule has 100 valence electrons. The Kier molecular flexibility index (Phi) is 4.74. The minimum absolute atomic E-state index is 0.517. The third-order valence-electron chi connectivity index (χ3n) is 2.97. The van der Waals surface area contributed by atoms with E-state index >= 15 is 0 Å². The number of pyridine rings is 2. The molecule has 2 aromatic heterocycles. The van der Waals surface area contributed by atoms with E-state index in [0.29, 0.717) is 5.88 Å². The summed E-state index contributed by atoms with van der Waals surface area (Å²) < 4.78 is 0. The van der Waals surface area contributed by atoms with Crippen molar-refractivity contribution in [1.29, 1.82) is 0 Å². The first kappa shape index (κ1) is 13.8. The first-order chi connectivity index (χ1) is 9.22. The van der Waals surface area contributed by atoms with Gasteiger partial charge in [-0.2, -0.15) is 0 Å². The molecule has 0 saturated carbocycles. The molecule has 4 heteroatoms. The van der Waals surface area contributed by atoms with Crippen molar-refractivity contribution in [1.82, 2.24) is 9.97 Å². The monoisotopic (exact) mass is 275 g/mol. The van der Waals surface area contributed by atoms with Gasteiger partial charge in [0.25, 0.3) is 0 Å². The molecule has 19 heavy (non-hydrogen) atoms. The molecule has 0 bridgehead atoms. The van der Waals surface area contributed by atoms with Crippen LogP contribution >= 0.6 is 11.6 Å². The number of rotatable bonds is 5. The van der Waals surface area contributed by atoms with Crippen LogP contribution in [0.4, 0.5) is 5.82 Å². The molecule has 3 nitrogen and oxygen atoms in total. The molecule has 2 rings (SSSR count). The molecule has 0 unspecified atom stereocenters. The molecule has 0 saturated heterocycles. The number of alkyl halides is 1. The second kappa shape index (κ2) is 6.53. The molecule has 2 heterocycles. The third kappa shape index (κ3) is 3.67. The Labute approximate surface area is 119 Å².